The molecule has 104 valence electrons. The van der Waals surface area contributed by atoms with Crippen molar-refractivity contribution in [2.75, 3.05) is 26.2 Å². The predicted octanol–water partition coefficient (Wildman–Crippen LogP) is 2.45. The van der Waals surface area contributed by atoms with Crippen molar-refractivity contribution < 1.29 is 4.79 Å². The maximum atomic E-state index is 12.3. The summed E-state index contributed by atoms with van der Waals surface area (Å²) in [4.78, 5) is 14.3. The fourth-order valence-electron chi connectivity index (χ4n) is 2.40. The first-order valence-corrected chi connectivity index (χ1v) is 7.70. The Bertz CT molecular complexity index is 430. The lowest BCUT2D eigenvalue weighted by molar-refractivity contribution is -0.135. The lowest BCUT2D eigenvalue weighted by atomic mass is 9.99. The summed E-state index contributed by atoms with van der Waals surface area (Å²) in [5, 5.41) is 3.27. The van der Waals surface area contributed by atoms with Crippen LogP contribution in [0.5, 0.6) is 0 Å². The van der Waals surface area contributed by atoms with Gasteiger partial charge >= 0.3 is 0 Å². The third-order valence-corrected chi connectivity index (χ3v) is 4.10. The molecule has 1 aromatic rings. The monoisotopic (exact) mass is 324 g/mol. The van der Waals surface area contributed by atoms with Crippen LogP contribution in [0.3, 0.4) is 0 Å². The smallest absolute Gasteiger partial charge is 0.225 e. The van der Waals surface area contributed by atoms with Crippen LogP contribution in [0.2, 0.25) is 0 Å². The number of carbonyl (C=O) groups excluding carboxylic acids is 1. The minimum absolute atomic E-state index is 0.108. The number of nitrogens with one attached hydrogen (secondary N) is 1. The summed E-state index contributed by atoms with van der Waals surface area (Å²) in [6.45, 7) is 5.58. The van der Waals surface area contributed by atoms with Gasteiger partial charge in [0.25, 0.3) is 0 Å². The Morgan fingerprint density at radius 3 is 2.84 bits per heavy atom. The zero-order valence-corrected chi connectivity index (χ0v) is 12.9. The average Bonchev–Trinajstić information content (AvgIpc) is 2.45. The highest BCUT2D eigenvalue weighted by atomic mass is 79.9. The Hall–Kier alpha value is -0.870. The van der Waals surface area contributed by atoms with Gasteiger partial charge in [-0.05, 0) is 30.5 Å². The Kier molecular flexibility index (Phi) is 5.40. The van der Waals surface area contributed by atoms with E-state index in [0.717, 1.165) is 43.5 Å². The molecule has 1 saturated heterocycles. The van der Waals surface area contributed by atoms with Gasteiger partial charge in [-0.2, -0.15) is 0 Å². The number of piperazine rings is 1. The molecule has 2 rings (SSSR count). The van der Waals surface area contributed by atoms with Crippen LogP contribution in [0.4, 0.5) is 0 Å². The van der Waals surface area contributed by atoms with Crippen molar-refractivity contribution in [2.24, 2.45) is 5.92 Å². The highest BCUT2D eigenvalue weighted by Gasteiger charge is 2.21. The molecule has 0 radical (unpaired) electrons. The van der Waals surface area contributed by atoms with Crippen LogP contribution in [-0.4, -0.2) is 37.0 Å². The lowest BCUT2D eigenvalue weighted by Gasteiger charge is -2.29. The summed E-state index contributed by atoms with van der Waals surface area (Å²) in [7, 11) is 0. The fraction of sp³-hybridized carbons (Fsp3) is 0.533. The highest BCUT2D eigenvalue weighted by molar-refractivity contribution is 9.10. The van der Waals surface area contributed by atoms with E-state index in [4.69, 9.17) is 0 Å². The second-order valence-electron chi connectivity index (χ2n) is 5.14. The summed E-state index contributed by atoms with van der Waals surface area (Å²) in [6.07, 6.45) is 1.87. The predicted molar refractivity (Wildman–Crippen MR) is 81.1 cm³/mol. The minimum atomic E-state index is 0.108. The third kappa shape index (κ3) is 4.32. The number of aryl methyl sites for hydroxylation is 1. The molecule has 1 heterocycles. The van der Waals surface area contributed by atoms with Crippen molar-refractivity contribution in [2.45, 2.75) is 19.8 Å². The van der Waals surface area contributed by atoms with Crippen LogP contribution in [0.15, 0.2) is 28.7 Å². The molecule has 1 fully saturated rings. The van der Waals surface area contributed by atoms with E-state index in [1.54, 1.807) is 0 Å². The molecule has 0 bridgehead atoms. The zero-order chi connectivity index (χ0) is 13.7. The molecule has 4 heteroatoms. The molecule has 1 aliphatic heterocycles. The van der Waals surface area contributed by atoms with Crippen molar-refractivity contribution >= 4 is 21.8 Å². The largest absolute Gasteiger partial charge is 0.340 e. The van der Waals surface area contributed by atoms with Crippen LogP contribution in [0.25, 0.3) is 0 Å². The molecule has 1 unspecified atom stereocenters. The van der Waals surface area contributed by atoms with Crippen LogP contribution < -0.4 is 5.32 Å². The first-order valence-electron chi connectivity index (χ1n) is 6.91. The number of rotatable bonds is 4. The van der Waals surface area contributed by atoms with Gasteiger partial charge in [0.2, 0.25) is 5.91 Å². The second kappa shape index (κ2) is 7.06. The molecule has 3 nitrogen and oxygen atoms in total. The summed E-state index contributed by atoms with van der Waals surface area (Å²) >= 11 is 3.48. The molecule has 0 spiro atoms. The molecular formula is C15H21BrN2O. The van der Waals surface area contributed by atoms with Crippen molar-refractivity contribution in [1.82, 2.24) is 10.2 Å². The maximum Gasteiger partial charge on any atom is 0.225 e. The summed E-state index contributed by atoms with van der Waals surface area (Å²) in [6, 6.07) is 8.32. The Morgan fingerprint density at radius 1 is 1.42 bits per heavy atom. The topological polar surface area (TPSA) is 32.3 Å². The van der Waals surface area contributed by atoms with Crippen molar-refractivity contribution in [3.05, 3.63) is 34.3 Å². The summed E-state index contributed by atoms with van der Waals surface area (Å²) in [5.74, 6) is 0.411. The van der Waals surface area contributed by atoms with Crippen molar-refractivity contribution in [3.8, 4) is 0 Å². The Labute approximate surface area is 123 Å². The van der Waals surface area contributed by atoms with E-state index in [-0.39, 0.29) is 5.92 Å². The van der Waals surface area contributed by atoms with Gasteiger partial charge in [0.15, 0.2) is 0 Å². The van der Waals surface area contributed by atoms with Gasteiger partial charge in [-0.3, -0.25) is 4.79 Å². The summed E-state index contributed by atoms with van der Waals surface area (Å²) < 4.78 is 1.10. The quantitative estimate of drug-likeness (QED) is 0.922. The van der Waals surface area contributed by atoms with Gasteiger partial charge in [0, 0.05) is 36.6 Å². The molecule has 1 aliphatic rings. The molecule has 0 aliphatic carbocycles. The normalized spacial score (nSPS) is 17.3. The van der Waals surface area contributed by atoms with E-state index in [1.165, 1.54) is 5.56 Å². The number of amides is 1. The molecule has 19 heavy (non-hydrogen) atoms. The molecule has 1 atom stereocenters. The number of hydrogen-bond donors (Lipinski definition) is 1. The fourth-order valence-corrected chi connectivity index (χ4v) is 2.84. The number of nitrogens with zero attached hydrogens (tertiary/aromatic N) is 1. The SMILES string of the molecule is CC(CCc1cccc(Br)c1)C(=O)N1CCNCC1. The maximum absolute atomic E-state index is 12.3. The van der Waals surface area contributed by atoms with Gasteiger partial charge in [0.05, 0.1) is 0 Å². The van der Waals surface area contributed by atoms with Gasteiger partial charge in [-0.1, -0.05) is 35.0 Å². The molecule has 1 N–H and O–H groups in total. The number of hydrogen-bond acceptors (Lipinski definition) is 2. The molecule has 1 amide bonds. The molecule has 0 saturated carbocycles. The van der Waals surface area contributed by atoms with E-state index in [9.17, 15) is 4.79 Å². The average molecular weight is 325 g/mol. The molecule has 0 aromatic heterocycles. The molecule has 1 aromatic carbocycles. The van der Waals surface area contributed by atoms with Gasteiger partial charge in [-0.15, -0.1) is 0 Å². The Balaban J connectivity index is 1.83. The van der Waals surface area contributed by atoms with Gasteiger partial charge < -0.3 is 10.2 Å². The van der Waals surface area contributed by atoms with Crippen LogP contribution in [0, 0.1) is 5.92 Å². The first-order chi connectivity index (χ1) is 9.16. The number of benzene rings is 1. The minimum Gasteiger partial charge on any atom is -0.340 e. The lowest BCUT2D eigenvalue weighted by Crippen LogP contribution is -2.48. The third-order valence-electron chi connectivity index (χ3n) is 3.61. The van der Waals surface area contributed by atoms with Crippen LogP contribution >= 0.6 is 15.9 Å². The van der Waals surface area contributed by atoms with E-state index in [0.29, 0.717) is 5.91 Å². The zero-order valence-electron chi connectivity index (χ0n) is 11.4. The summed E-state index contributed by atoms with van der Waals surface area (Å²) in [5.41, 5.74) is 1.29. The highest BCUT2D eigenvalue weighted by Crippen LogP contribution is 2.16. The second-order valence-corrected chi connectivity index (χ2v) is 6.06. The van der Waals surface area contributed by atoms with Crippen LogP contribution in [-0.2, 0) is 11.2 Å². The Morgan fingerprint density at radius 2 is 2.16 bits per heavy atom. The number of carbonyl (C=O) groups is 1. The number of halogens is 1. The van der Waals surface area contributed by atoms with E-state index in [2.05, 4.69) is 33.4 Å². The van der Waals surface area contributed by atoms with Gasteiger partial charge in [0.1, 0.15) is 0 Å². The van der Waals surface area contributed by atoms with Crippen molar-refractivity contribution in [1.29, 1.82) is 0 Å². The van der Waals surface area contributed by atoms with Crippen molar-refractivity contribution in [3.63, 3.8) is 0 Å². The van der Waals surface area contributed by atoms with Gasteiger partial charge in [-0.25, -0.2) is 0 Å². The van der Waals surface area contributed by atoms with E-state index in [1.807, 2.05) is 24.0 Å². The van der Waals surface area contributed by atoms with Crippen LogP contribution in [0.1, 0.15) is 18.9 Å². The van der Waals surface area contributed by atoms with E-state index >= 15 is 0 Å². The molecular weight excluding hydrogens is 304 g/mol. The van der Waals surface area contributed by atoms with E-state index < -0.39 is 0 Å². The standard InChI is InChI=1S/C15H21BrN2O/c1-12(15(19)18-9-7-17-8-10-18)5-6-13-3-2-4-14(16)11-13/h2-4,11-12,17H,5-10H2,1H3. The first kappa shape index (κ1) is 14.5.